The predicted octanol–water partition coefficient (Wildman–Crippen LogP) is 3.12. The van der Waals surface area contributed by atoms with E-state index in [0.717, 1.165) is 18.4 Å². The van der Waals surface area contributed by atoms with Gasteiger partial charge in [0.2, 0.25) is 0 Å². The van der Waals surface area contributed by atoms with E-state index in [1.807, 2.05) is 19.2 Å². The number of para-hydroxylation sites is 1. The third-order valence-electron chi connectivity index (χ3n) is 4.88. The number of nitro benzene ring substituents is 1. The maximum Gasteiger partial charge on any atom is 0.274 e. The second-order valence-electron chi connectivity index (χ2n) is 5.95. The first-order valence-corrected chi connectivity index (χ1v) is 7.67. The van der Waals surface area contributed by atoms with Crippen molar-refractivity contribution in [2.45, 2.75) is 50.7 Å². The lowest BCUT2D eigenvalue weighted by atomic mass is 9.89. The normalized spacial score (nSPS) is 24.0. The van der Waals surface area contributed by atoms with Crippen molar-refractivity contribution >= 4 is 5.69 Å². The summed E-state index contributed by atoms with van der Waals surface area (Å²) < 4.78 is 0. The van der Waals surface area contributed by atoms with Crippen molar-refractivity contribution in [2.24, 2.45) is 0 Å². The fourth-order valence-corrected chi connectivity index (χ4v) is 3.31. The Bertz CT molecular complexity index is 484. The Kier molecular flexibility index (Phi) is 5.31. The van der Waals surface area contributed by atoms with Crippen LogP contribution in [0.4, 0.5) is 5.69 Å². The van der Waals surface area contributed by atoms with Crippen LogP contribution in [0.1, 0.15) is 44.2 Å². The van der Waals surface area contributed by atoms with Crippen LogP contribution in [-0.4, -0.2) is 36.0 Å². The van der Waals surface area contributed by atoms with E-state index in [1.54, 1.807) is 12.1 Å². The highest BCUT2D eigenvalue weighted by molar-refractivity contribution is 5.41. The number of rotatable bonds is 5. The second kappa shape index (κ2) is 7.00. The summed E-state index contributed by atoms with van der Waals surface area (Å²) in [6.07, 6.45) is 4.64. The van der Waals surface area contributed by atoms with Crippen LogP contribution in [0.15, 0.2) is 24.3 Å². The summed E-state index contributed by atoms with van der Waals surface area (Å²) in [5, 5.41) is 14.5. The van der Waals surface area contributed by atoms with Crippen molar-refractivity contribution in [3.8, 4) is 0 Å². The Balaban J connectivity index is 2.09. The van der Waals surface area contributed by atoms with E-state index in [4.69, 9.17) is 0 Å². The average Bonchev–Trinajstić information content (AvgIpc) is 2.53. The lowest BCUT2D eigenvalue weighted by molar-refractivity contribution is -0.386. The van der Waals surface area contributed by atoms with Gasteiger partial charge < -0.3 is 5.32 Å². The molecule has 1 unspecified atom stereocenters. The lowest BCUT2D eigenvalue weighted by Crippen LogP contribution is -2.40. The second-order valence-corrected chi connectivity index (χ2v) is 5.95. The summed E-state index contributed by atoms with van der Waals surface area (Å²) >= 11 is 0. The number of nitrogens with zero attached hydrogens (tertiary/aromatic N) is 2. The zero-order valence-corrected chi connectivity index (χ0v) is 13.1. The van der Waals surface area contributed by atoms with Crippen molar-refractivity contribution in [1.82, 2.24) is 10.2 Å². The van der Waals surface area contributed by atoms with Crippen LogP contribution < -0.4 is 5.32 Å². The molecule has 2 rings (SSSR count). The fourth-order valence-electron chi connectivity index (χ4n) is 3.31. The van der Waals surface area contributed by atoms with Gasteiger partial charge in [0.15, 0.2) is 0 Å². The van der Waals surface area contributed by atoms with Crippen LogP contribution in [0.2, 0.25) is 0 Å². The van der Waals surface area contributed by atoms with Gasteiger partial charge in [-0.05, 0) is 46.7 Å². The molecule has 5 nitrogen and oxygen atoms in total. The molecule has 0 saturated heterocycles. The van der Waals surface area contributed by atoms with E-state index in [1.165, 1.54) is 12.8 Å². The SMILES string of the molecule is CNC1CCC(N(C)C(C)c2ccccc2[N+](=O)[O-])CC1. The molecule has 5 heteroatoms. The molecule has 0 heterocycles. The minimum Gasteiger partial charge on any atom is -0.317 e. The maximum absolute atomic E-state index is 11.2. The summed E-state index contributed by atoms with van der Waals surface area (Å²) in [6, 6.07) is 8.26. The Labute approximate surface area is 126 Å². The van der Waals surface area contributed by atoms with Crippen molar-refractivity contribution in [3.05, 3.63) is 39.9 Å². The van der Waals surface area contributed by atoms with Gasteiger partial charge in [0.25, 0.3) is 5.69 Å². The number of hydrogen-bond acceptors (Lipinski definition) is 4. The quantitative estimate of drug-likeness (QED) is 0.669. The monoisotopic (exact) mass is 291 g/mol. The molecule has 0 radical (unpaired) electrons. The van der Waals surface area contributed by atoms with Gasteiger partial charge in [0, 0.05) is 29.8 Å². The summed E-state index contributed by atoms with van der Waals surface area (Å²) in [7, 11) is 4.11. The molecule has 21 heavy (non-hydrogen) atoms. The van der Waals surface area contributed by atoms with Gasteiger partial charge in [-0.25, -0.2) is 0 Å². The Morgan fingerprint density at radius 2 is 1.90 bits per heavy atom. The molecule has 1 atom stereocenters. The molecule has 1 aliphatic rings. The Morgan fingerprint density at radius 1 is 1.29 bits per heavy atom. The highest BCUT2D eigenvalue weighted by Crippen LogP contribution is 2.32. The highest BCUT2D eigenvalue weighted by Gasteiger charge is 2.28. The van der Waals surface area contributed by atoms with Gasteiger partial charge in [-0.2, -0.15) is 0 Å². The van der Waals surface area contributed by atoms with Gasteiger partial charge in [-0.3, -0.25) is 15.0 Å². The van der Waals surface area contributed by atoms with Gasteiger partial charge in [0.05, 0.1) is 4.92 Å². The highest BCUT2D eigenvalue weighted by atomic mass is 16.6. The van der Waals surface area contributed by atoms with E-state index >= 15 is 0 Å². The van der Waals surface area contributed by atoms with Crippen molar-refractivity contribution in [2.75, 3.05) is 14.1 Å². The lowest BCUT2D eigenvalue weighted by Gasteiger charge is -2.37. The molecule has 1 N–H and O–H groups in total. The van der Waals surface area contributed by atoms with E-state index in [9.17, 15) is 10.1 Å². The van der Waals surface area contributed by atoms with Crippen LogP contribution in [0, 0.1) is 10.1 Å². The van der Waals surface area contributed by atoms with Crippen molar-refractivity contribution in [1.29, 1.82) is 0 Å². The van der Waals surface area contributed by atoms with E-state index in [-0.39, 0.29) is 16.7 Å². The predicted molar refractivity (Wildman–Crippen MR) is 84.4 cm³/mol. The zero-order valence-electron chi connectivity index (χ0n) is 13.1. The molecule has 1 aliphatic carbocycles. The van der Waals surface area contributed by atoms with Gasteiger partial charge in [-0.1, -0.05) is 18.2 Å². The zero-order chi connectivity index (χ0) is 15.4. The first-order valence-electron chi connectivity index (χ1n) is 7.67. The topological polar surface area (TPSA) is 58.4 Å². The van der Waals surface area contributed by atoms with E-state index in [2.05, 4.69) is 24.2 Å². The summed E-state index contributed by atoms with van der Waals surface area (Å²) in [6.45, 7) is 2.06. The smallest absolute Gasteiger partial charge is 0.274 e. The minimum absolute atomic E-state index is 0.0581. The van der Waals surface area contributed by atoms with E-state index in [0.29, 0.717) is 12.1 Å². The third-order valence-corrected chi connectivity index (χ3v) is 4.88. The first kappa shape index (κ1) is 15.9. The third kappa shape index (κ3) is 3.60. The maximum atomic E-state index is 11.2. The standard InChI is InChI=1S/C16H25N3O2/c1-12(15-6-4-5-7-16(15)19(20)21)18(3)14-10-8-13(17-2)9-11-14/h4-7,12-14,17H,8-11H2,1-3H3. The number of nitro groups is 1. The number of hydrogen-bond donors (Lipinski definition) is 1. The van der Waals surface area contributed by atoms with E-state index < -0.39 is 0 Å². The largest absolute Gasteiger partial charge is 0.317 e. The average molecular weight is 291 g/mol. The van der Waals surface area contributed by atoms with Gasteiger partial charge >= 0.3 is 0 Å². The molecule has 1 aromatic rings. The van der Waals surface area contributed by atoms with Gasteiger partial charge in [-0.15, -0.1) is 0 Å². The molecule has 1 saturated carbocycles. The Hall–Kier alpha value is -1.46. The first-order chi connectivity index (χ1) is 10.0. The molecule has 0 spiro atoms. The molecular weight excluding hydrogens is 266 g/mol. The van der Waals surface area contributed by atoms with Crippen LogP contribution in [0.3, 0.4) is 0 Å². The number of benzene rings is 1. The molecule has 1 fully saturated rings. The van der Waals surface area contributed by atoms with Gasteiger partial charge in [0.1, 0.15) is 0 Å². The molecule has 0 bridgehead atoms. The van der Waals surface area contributed by atoms with Crippen LogP contribution >= 0.6 is 0 Å². The van der Waals surface area contributed by atoms with Crippen LogP contribution in [0.5, 0.6) is 0 Å². The van der Waals surface area contributed by atoms with Crippen molar-refractivity contribution in [3.63, 3.8) is 0 Å². The minimum atomic E-state index is -0.280. The van der Waals surface area contributed by atoms with Crippen LogP contribution in [-0.2, 0) is 0 Å². The molecule has 1 aromatic carbocycles. The molecule has 0 aromatic heterocycles. The summed E-state index contributed by atoms with van der Waals surface area (Å²) in [5.74, 6) is 0. The molecule has 0 aliphatic heterocycles. The Morgan fingerprint density at radius 3 is 2.48 bits per heavy atom. The molecular formula is C16H25N3O2. The summed E-state index contributed by atoms with van der Waals surface area (Å²) in [4.78, 5) is 13.2. The van der Waals surface area contributed by atoms with Crippen LogP contribution in [0.25, 0.3) is 0 Å². The summed E-state index contributed by atoms with van der Waals surface area (Å²) in [5.41, 5.74) is 1.03. The molecule has 0 amide bonds. The number of nitrogens with one attached hydrogen (secondary N) is 1. The van der Waals surface area contributed by atoms with Crippen molar-refractivity contribution < 1.29 is 4.92 Å². The fraction of sp³-hybridized carbons (Fsp3) is 0.625. The molecule has 116 valence electrons.